The number of hydrogen-bond acceptors (Lipinski definition) is 5. The lowest BCUT2D eigenvalue weighted by Crippen LogP contribution is -2.76. The van der Waals surface area contributed by atoms with Gasteiger partial charge in [-0.25, -0.2) is 14.8 Å². The van der Waals surface area contributed by atoms with Crippen molar-refractivity contribution in [3.05, 3.63) is 108 Å². The number of hydrogen-bond donors (Lipinski definition) is 2. The van der Waals surface area contributed by atoms with E-state index in [0.29, 0.717) is 13.0 Å². The van der Waals surface area contributed by atoms with Crippen LogP contribution in [0.25, 0.3) is 0 Å². The van der Waals surface area contributed by atoms with Gasteiger partial charge < -0.3 is 20.2 Å². The number of amides is 4. The maximum Gasteiger partial charge on any atom is 0.334 e. The van der Waals surface area contributed by atoms with Gasteiger partial charge in [-0.1, -0.05) is 91.0 Å². The fraction of sp³-hybridized carbons (Fsp3) is 0.312. The second kappa shape index (κ2) is 12.9. The molecule has 4 amide bonds. The highest BCUT2D eigenvalue weighted by molar-refractivity contribution is 5.93. The Bertz CT molecular complexity index is 1370. The second-order valence-electron chi connectivity index (χ2n) is 10.6. The fourth-order valence-electron chi connectivity index (χ4n) is 5.91. The van der Waals surface area contributed by atoms with Crippen LogP contribution >= 0.6 is 0 Å². The minimum atomic E-state index is -1.21. The molecule has 218 valence electrons. The molecule has 10 heteroatoms. The van der Waals surface area contributed by atoms with Crippen LogP contribution in [0, 0.1) is 0 Å². The molecule has 0 aromatic heterocycles. The topological polar surface area (TPSA) is 114 Å². The zero-order valence-corrected chi connectivity index (χ0v) is 23.5. The number of fused-ring (bicyclic) bond motifs is 1. The quantitative estimate of drug-likeness (QED) is 0.410. The highest BCUT2D eigenvalue weighted by Gasteiger charge is 2.51. The predicted octanol–water partition coefficient (Wildman–Crippen LogP) is 3.12. The van der Waals surface area contributed by atoms with E-state index in [4.69, 9.17) is 0 Å². The minimum Gasteiger partial charge on any atom is -0.481 e. The summed E-state index contributed by atoms with van der Waals surface area (Å²) >= 11 is 0. The average molecular weight is 570 g/mol. The normalized spacial score (nSPS) is 19.1. The summed E-state index contributed by atoms with van der Waals surface area (Å²) in [5.74, 6) is -2.00. The van der Waals surface area contributed by atoms with Crippen LogP contribution in [0.15, 0.2) is 91.0 Å². The number of rotatable bonds is 9. The molecule has 3 aromatic carbocycles. The number of benzene rings is 3. The van der Waals surface area contributed by atoms with E-state index in [0.717, 1.165) is 16.7 Å². The SMILES string of the molecule is CN1CC(=O)N2[C@@H](CC(=O)O)C(=O)N(CCC(c3ccccc3)c3ccccc3)C[C@@H]2N1C(=O)NCc1ccccc1. The molecule has 0 saturated carbocycles. The fourth-order valence-corrected chi connectivity index (χ4v) is 5.91. The number of carbonyl (C=O) groups excluding carboxylic acids is 3. The van der Waals surface area contributed by atoms with Crippen molar-refractivity contribution in [1.82, 2.24) is 25.1 Å². The monoisotopic (exact) mass is 569 g/mol. The van der Waals surface area contributed by atoms with Crippen LogP contribution in [0.1, 0.15) is 35.4 Å². The molecule has 0 bridgehead atoms. The lowest BCUT2D eigenvalue weighted by Gasteiger charge is -2.54. The van der Waals surface area contributed by atoms with Gasteiger partial charge in [-0.15, -0.1) is 0 Å². The molecular weight excluding hydrogens is 534 g/mol. The van der Waals surface area contributed by atoms with E-state index in [1.54, 1.807) is 11.9 Å². The van der Waals surface area contributed by atoms with Crippen molar-refractivity contribution in [3.8, 4) is 0 Å². The molecule has 0 aliphatic carbocycles. The van der Waals surface area contributed by atoms with Gasteiger partial charge in [-0.2, -0.15) is 0 Å². The first-order valence-electron chi connectivity index (χ1n) is 14.1. The Hall–Kier alpha value is -4.70. The number of carbonyl (C=O) groups is 4. The van der Waals surface area contributed by atoms with Gasteiger partial charge in [0.1, 0.15) is 12.2 Å². The van der Waals surface area contributed by atoms with Gasteiger partial charge in [0.2, 0.25) is 11.8 Å². The zero-order valence-electron chi connectivity index (χ0n) is 23.5. The van der Waals surface area contributed by atoms with E-state index in [2.05, 4.69) is 29.6 Å². The van der Waals surface area contributed by atoms with Gasteiger partial charge in [0.25, 0.3) is 0 Å². The van der Waals surface area contributed by atoms with Crippen molar-refractivity contribution in [2.24, 2.45) is 0 Å². The molecule has 0 spiro atoms. The molecule has 42 heavy (non-hydrogen) atoms. The summed E-state index contributed by atoms with van der Waals surface area (Å²) in [7, 11) is 1.64. The first kappa shape index (κ1) is 28.8. The van der Waals surface area contributed by atoms with E-state index < -0.39 is 36.5 Å². The van der Waals surface area contributed by atoms with Crippen LogP contribution in [0.2, 0.25) is 0 Å². The summed E-state index contributed by atoms with van der Waals surface area (Å²) in [6.07, 6.45) is -0.807. The summed E-state index contributed by atoms with van der Waals surface area (Å²) in [5.41, 5.74) is 3.12. The molecule has 2 aliphatic rings. The zero-order chi connectivity index (χ0) is 29.6. The molecule has 2 saturated heterocycles. The van der Waals surface area contributed by atoms with Gasteiger partial charge in [-0.3, -0.25) is 14.4 Å². The lowest BCUT2D eigenvalue weighted by atomic mass is 9.88. The lowest BCUT2D eigenvalue weighted by molar-refractivity contribution is -0.188. The third kappa shape index (κ3) is 6.28. The Morgan fingerprint density at radius 2 is 1.48 bits per heavy atom. The summed E-state index contributed by atoms with van der Waals surface area (Å²) in [6.45, 7) is 0.523. The maximum atomic E-state index is 13.8. The Morgan fingerprint density at radius 1 is 0.905 bits per heavy atom. The number of carboxylic acid groups (broad SMARTS) is 1. The molecule has 0 radical (unpaired) electrons. The van der Waals surface area contributed by atoms with E-state index in [1.165, 1.54) is 14.9 Å². The summed E-state index contributed by atoms with van der Waals surface area (Å²) in [4.78, 5) is 55.3. The Kier molecular flexibility index (Phi) is 8.83. The smallest absolute Gasteiger partial charge is 0.334 e. The summed E-state index contributed by atoms with van der Waals surface area (Å²) < 4.78 is 0. The van der Waals surface area contributed by atoms with E-state index in [9.17, 15) is 24.3 Å². The first-order valence-corrected chi connectivity index (χ1v) is 14.1. The largest absolute Gasteiger partial charge is 0.481 e. The number of nitrogens with zero attached hydrogens (tertiary/aromatic N) is 4. The number of piperazine rings is 1. The van der Waals surface area contributed by atoms with Crippen molar-refractivity contribution in [1.29, 1.82) is 0 Å². The Balaban J connectivity index is 1.41. The number of carboxylic acids is 1. The summed E-state index contributed by atoms with van der Waals surface area (Å²) in [6, 6.07) is 27.9. The van der Waals surface area contributed by atoms with Crippen LogP contribution in [0.5, 0.6) is 0 Å². The number of nitrogens with one attached hydrogen (secondary N) is 1. The molecular formula is C32H35N5O5. The highest BCUT2D eigenvalue weighted by atomic mass is 16.4. The summed E-state index contributed by atoms with van der Waals surface area (Å²) in [5, 5.41) is 15.6. The van der Waals surface area contributed by atoms with Crippen molar-refractivity contribution >= 4 is 23.8 Å². The number of likely N-dealkylation sites (N-methyl/N-ethyl adjacent to an activating group) is 1. The van der Waals surface area contributed by atoms with Gasteiger partial charge in [0.05, 0.1) is 19.5 Å². The van der Waals surface area contributed by atoms with Crippen LogP contribution in [0.3, 0.4) is 0 Å². The van der Waals surface area contributed by atoms with E-state index in [-0.39, 0.29) is 31.5 Å². The molecule has 0 unspecified atom stereocenters. The molecule has 2 atom stereocenters. The van der Waals surface area contributed by atoms with E-state index in [1.807, 2.05) is 66.7 Å². The van der Waals surface area contributed by atoms with Gasteiger partial charge in [0, 0.05) is 26.1 Å². The predicted molar refractivity (Wildman–Crippen MR) is 156 cm³/mol. The standard InChI is InChI=1S/C32H35N5O5/c1-34-22-29(38)36-27(19-30(39)40)31(41)35(21-28(36)37(34)32(42)33-20-23-11-5-2-6-12-23)18-17-26(24-13-7-3-8-14-24)25-15-9-4-10-16-25/h2-16,26-28H,17-22H2,1H3,(H,33,42)(H,39,40)/t27-,28-/m0/s1. The first-order chi connectivity index (χ1) is 20.3. The molecule has 2 N–H and O–H groups in total. The molecule has 2 heterocycles. The van der Waals surface area contributed by atoms with Crippen molar-refractivity contribution in [2.45, 2.75) is 37.5 Å². The molecule has 2 fully saturated rings. The molecule has 3 aromatic rings. The second-order valence-corrected chi connectivity index (χ2v) is 10.6. The molecule has 2 aliphatic heterocycles. The third-order valence-corrected chi connectivity index (χ3v) is 7.89. The Morgan fingerprint density at radius 3 is 2.05 bits per heavy atom. The number of urea groups is 1. The average Bonchev–Trinajstić information content (AvgIpc) is 2.99. The number of aliphatic carboxylic acids is 1. The van der Waals surface area contributed by atoms with Crippen molar-refractivity contribution in [2.75, 3.05) is 26.7 Å². The van der Waals surface area contributed by atoms with Crippen LogP contribution in [0.4, 0.5) is 4.79 Å². The highest BCUT2D eigenvalue weighted by Crippen LogP contribution is 2.31. The number of hydrazine groups is 1. The Labute approximate surface area is 245 Å². The van der Waals surface area contributed by atoms with E-state index >= 15 is 0 Å². The van der Waals surface area contributed by atoms with Gasteiger partial charge in [-0.05, 0) is 23.1 Å². The molecule has 10 nitrogen and oxygen atoms in total. The maximum absolute atomic E-state index is 13.8. The van der Waals surface area contributed by atoms with Crippen LogP contribution in [-0.2, 0) is 20.9 Å². The van der Waals surface area contributed by atoms with Crippen LogP contribution in [-0.4, -0.2) is 87.6 Å². The third-order valence-electron chi connectivity index (χ3n) is 7.89. The van der Waals surface area contributed by atoms with Crippen molar-refractivity contribution < 1.29 is 24.3 Å². The molecule has 5 rings (SSSR count). The van der Waals surface area contributed by atoms with Gasteiger partial charge in [0.15, 0.2) is 0 Å². The van der Waals surface area contributed by atoms with Crippen molar-refractivity contribution in [3.63, 3.8) is 0 Å². The van der Waals surface area contributed by atoms with Crippen LogP contribution < -0.4 is 5.32 Å². The minimum absolute atomic E-state index is 0.00270. The van der Waals surface area contributed by atoms with Gasteiger partial charge >= 0.3 is 12.0 Å².